The van der Waals surface area contributed by atoms with Gasteiger partial charge >= 0.3 is 0 Å². The molecule has 3 rings (SSSR count). The van der Waals surface area contributed by atoms with Crippen molar-refractivity contribution in [3.05, 3.63) is 51.6 Å². The van der Waals surface area contributed by atoms with Gasteiger partial charge in [-0.25, -0.2) is 9.37 Å². The first-order chi connectivity index (χ1) is 11.6. The summed E-state index contributed by atoms with van der Waals surface area (Å²) in [5.74, 6) is -0.00755. The lowest BCUT2D eigenvalue weighted by atomic mass is 10.1. The molecule has 0 unspecified atom stereocenters. The molecule has 0 aliphatic rings. The molecule has 6 nitrogen and oxygen atoms in total. The predicted octanol–water partition coefficient (Wildman–Crippen LogP) is 1.63. The number of benzene rings is 1. The van der Waals surface area contributed by atoms with Gasteiger partial charge in [-0.2, -0.15) is 0 Å². The van der Waals surface area contributed by atoms with E-state index in [1.54, 1.807) is 19.2 Å². The van der Waals surface area contributed by atoms with Gasteiger partial charge in [0, 0.05) is 18.0 Å². The fraction of sp³-hybridized carbons (Fsp3) is 0.188. The molecule has 3 N–H and O–H groups in total. The van der Waals surface area contributed by atoms with Crippen LogP contribution in [0.4, 0.5) is 4.39 Å². The van der Waals surface area contributed by atoms with Crippen LogP contribution in [0.5, 0.6) is 0 Å². The first-order valence-electron chi connectivity index (χ1n) is 7.26. The van der Waals surface area contributed by atoms with Crippen LogP contribution in [0.25, 0.3) is 21.3 Å². The van der Waals surface area contributed by atoms with Crippen molar-refractivity contribution in [2.45, 2.75) is 6.54 Å². The molecule has 124 valence electrons. The van der Waals surface area contributed by atoms with Gasteiger partial charge in [0.05, 0.1) is 18.5 Å². The second kappa shape index (κ2) is 6.90. The van der Waals surface area contributed by atoms with Crippen LogP contribution in [-0.2, 0) is 11.3 Å². The minimum atomic E-state index is -0.324. The highest BCUT2D eigenvalue weighted by atomic mass is 32.1. The molecule has 0 bridgehead atoms. The SMILES string of the molecule is CNC(=O)CNCc1nc2scc(-c3ccc(F)cc3)c2c(=O)[nH]1. The molecule has 0 aliphatic carbocycles. The molecule has 0 radical (unpaired) electrons. The number of H-pyrrole nitrogens is 1. The molecule has 2 aromatic heterocycles. The lowest BCUT2D eigenvalue weighted by Crippen LogP contribution is -2.31. The van der Waals surface area contributed by atoms with Gasteiger partial charge in [-0.3, -0.25) is 9.59 Å². The average Bonchev–Trinajstić information content (AvgIpc) is 3.00. The van der Waals surface area contributed by atoms with E-state index in [2.05, 4.69) is 20.6 Å². The van der Waals surface area contributed by atoms with Crippen molar-refractivity contribution in [1.29, 1.82) is 0 Å². The third-order valence-electron chi connectivity index (χ3n) is 3.51. The Morgan fingerprint density at radius 3 is 2.79 bits per heavy atom. The molecule has 8 heteroatoms. The Kier molecular flexibility index (Phi) is 4.68. The van der Waals surface area contributed by atoms with E-state index in [-0.39, 0.29) is 30.4 Å². The maximum absolute atomic E-state index is 13.1. The minimum Gasteiger partial charge on any atom is -0.358 e. The summed E-state index contributed by atoms with van der Waals surface area (Å²) in [5.41, 5.74) is 1.24. The molecule has 24 heavy (non-hydrogen) atoms. The van der Waals surface area contributed by atoms with Gasteiger partial charge in [0.25, 0.3) is 5.56 Å². The molecule has 0 atom stereocenters. The third kappa shape index (κ3) is 3.34. The van der Waals surface area contributed by atoms with Crippen LogP contribution in [-0.4, -0.2) is 29.5 Å². The molecular formula is C16H15FN4O2S. The standard InChI is InChI=1S/C16H15FN4O2S/c1-18-13(22)7-19-6-12-20-15(23)14-11(8-24-16(14)21-12)9-2-4-10(17)5-3-9/h2-5,8,19H,6-7H2,1H3,(H,18,22)(H,20,21,23). The van der Waals surface area contributed by atoms with Crippen LogP contribution in [0, 0.1) is 5.82 Å². The fourth-order valence-corrected chi connectivity index (χ4v) is 3.27. The lowest BCUT2D eigenvalue weighted by molar-refractivity contribution is -0.119. The number of nitrogens with one attached hydrogen (secondary N) is 3. The van der Waals surface area contributed by atoms with E-state index in [1.807, 2.05) is 5.38 Å². The molecule has 0 fully saturated rings. The highest BCUT2D eigenvalue weighted by Gasteiger charge is 2.13. The maximum atomic E-state index is 13.1. The summed E-state index contributed by atoms with van der Waals surface area (Å²) in [6, 6.07) is 5.99. The number of fused-ring (bicyclic) bond motifs is 1. The number of likely N-dealkylation sites (N-methyl/N-ethyl adjacent to an activating group) is 1. The molecule has 0 aliphatic heterocycles. The summed E-state index contributed by atoms with van der Waals surface area (Å²) in [6.45, 7) is 0.423. The van der Waals surface area contributed by atoms with Gasteiger partial charge in [0.2, 0.25) is 5.91 Å². The van der Waals surface area contributed by atoms with E-state index >= 15 is 0 Å². The van der Waals surface area contributed by atoms with Crippen LogP contribution >= 0.6 is 11.3 Å². The summed E-state index contributed by atoms with van der Waals surface area (Å²) >= 11 is 1.35. The van der Waals surface area contributed by atoms with Crippen molar-refractivity contribution < 1.29 is 9.18 Å². The highest BCUT2D eigenvalue weighted by Crippen LogP contribution is 2.30. The number of thiophene rings is 1. The quantitative estimate of drug-likeness (QED) is 0.655. The van der Waals surface area contributed by atoms with Gasteiger partial charge < -0.3 is 15.6 Å². The Morgan fingerprint density at radius 1 is 1.33 bits per heavy atom. The number of rotatable bonds is 5. The molecule has 0 spiro atoms. The van der Waals surface area contributed by atoms with Crippen molar-refractivity contribution in [2.24, 2.45) is 0 Å². The molecule has 0 saturated heterocycles. The Bertz CT molecular complexity index is 933. The summed E-state index contributed by atoms with van der Waals surface area (Å²) in [4.78, 5) is 31.3. The normalized spacial score (nSPS) is 10.9. The molecule has 1 aromatic carbocycles. The van der Waals surface area contributed by atoms with Gasteiger partial charge in [-0.1, -0.05) is 12.1 Å². The van der Waals surface area contributed by atoms with Crippen molar-refractivity contribution in [2.75, 3.05) is 13.6 Å². The second-order valence-electron chi connectivity index (χ2n) is 5.13. The first kappa shape index (κ1) is 16.3. The number of nitrogens with zero attached hydrogens (tertiary/aromatic N) is 1. The Balaban J connectivity index is 1.89. The summed E-state index contributed by atoms with van der Waals surface area (Å²) in [5, 5.41) is 7.73. The van der Waals surface area contributed by atoms with Crippen molar-refractivity contribution in [3.8, 4) is 11.1 Å². The fourth-order valence-electron chi connectivity index (χ4n) is 2.30. The highest BCUT2D eigenvalue weighted by molar-refractivity contribution is 7.17. The Morgan fingerprint density at radius 2 is 2.08 bits per heavy atom. The number of amides is 1. The molecular weight excluding hydrogens is 331 g/mol. The molecule has 2 heterocycles. The van der Waals surface area contributed by atoms with Crippen LogP contribution < -0.4 is 16.2 Å². The van der Waals surface area contributed by atoms with E-state index in [9.17, 15) is 14.0 Å². The number of hydrogen-bond donors (Lipinski definition) is 3. The van der Waals surface area contributed by atoms with E-state index < -0.39 is 0 Å². The first-order valence-corrected chi connectivity index (χ1v) is 8.14. The number of carbonyl (C=O) groups excluding carboxylic acids is 1. The maximum Gasteiger partial charge on any atom is 0.260 e. The largest absolute Gasteiger partial charge is 0.358 e. The number of halogens is 1. The zero-order valence-electron chi connectivity index (χ0n) is 12.9. The number of carbonyl (C=O) groups is 1. The predicted molar refractivity (Wildman–Crippen MR) is 91.4 cm³/mol. The minimum absolute atomic E-state index is 0.142. The number of aromatic nitrogens is 2. The zero-order valence-corrected chi connectivity index (χ0v) is 13.7. The monoisotopic (exact) mass is 346 g/mol. The summed E-state index contributed by atoms with van der Waals surface area (Å²) in [7, 11) is 1.55. The molecule has 1 amide bonds. The molecule has 0 saturated carbocycles. The summed E-state index contributed by atoms with van der Waals surface area (Å²) < 4.78 is 13.1. The Hall–Kier alpha value is -2.58. The van der Waals surface area contributed by atoms with Gasteiger partial charge in [-0.05, 0) is 17.7 Å². The van der Waals surface area contributed by atoms with Gasteiger partial charge in [0.1, 0.15) is 16.5 Å². The van der Waals surface area contributed by atoms with Crippen LogP contribution in [0.15, 0.2) is 34.4 Å². The van der Waals surface area contributed by atoms with Crippen molar-refractivity contribution >= 4 is 27.5 Å². The third-order valence-corrected chi connectivity index (χ3v) is 4.38. The lowest BCUT2D eigenvalue weighted by Gasteiger charge is -2.04. The van der Waals surface area contributed by atoms with Crippen molar-refractivity contribution in [3.63, 3.8) is 0 Å². The zero-order chi connectivity index (χ0) is 17.1. The number of aromatic amines is 1. The van der Waals surface area contributed by atoms with Crippen molar-refractivity contribution in [1.82, 2.24) is 20.6 Å². The average molecular weight is 346 g/mol. The topological polar surface area (TPSA) is 86.9 Å². The molecule has 3 aromatic rings. The second-order valence-corrected chi connectivity index (χ2v) is 5.98. The smallest absolute Gasteiger partial charge is 0.260 e. The van der Waals surface area contributed by atoms with E-state index in [4.69, 9.17) is 0 Å². The number of hydrogen-bond acceptors (Lipinski definition) is 5. The van der Waals surface area contributed by atoms with Crippen LogP contribution in [0.1, 0.15) is 5.82 Å². The van der Waals surface area contributed by atoms with E-state index in [0.29, 0.717) is 16.0 Å². The van der Waals surface area contributed by atoms with E-state index in [0.717, 1.165) is 11.1 Å². The summed E-state index contributed by atoms with van der Waals surface area (Å²) in [6.07, 6.45) is 0. The van der Waals surface area contributed by atoms with Crippen LogP contribution in [0.2, 0.25) is 0 Å². The Labute approximate surface area is 140 Å². The van der Waals surface area contributed by atoms with Gasteiger partial charge in [0.15, 0.2) is 0 Å². The van der Waals surface area contributed by atoms with Crippen LogP contribution in [0.3, 0.4) is 0 Å². The van der Waals surface area contributed by atoms with E-state index in [1.165, 1.54) is 23.5 Å². The van der Waals surface area contributed by atoms with Gasteiger partial charge in [-0.15, -0.1) is 11.3 Å².